The molecule has 0 spiro atoms. The van der Waals surface area contributed by atoms with E-state index < -0.39 is 177 Å². The largest absolute Gasteiger partial charge is 0.397 e. The molecule has 4 rings (SSSR count). The van der Waals surface area contributed by atoms with Gasteiger partial charge in [0.2, 0.25) is 17.7 Å². The molecule has 0 aliphatic carbocycles. The van der Waals surface area contributed by atoms with Crippen molar-refractivity contribution in [3.8, 4) is 0 Å². The quantitative estimate of drug-likeness (QED) is 0.0680. The van der Waals surface area contributed by atoms with Crippen LogP contribution in [0.2, 0.25) is 0 Å². The molecule has 0 saturated carbocycles. The van der Waals surface area contributed by atoms with Gasteiger partial charge in [-0.15, -0.1) is 0 Å². The van der Waals surface area contributed by atoms with Gasteiger partial charge in [0.1, 0.15) is 85.3 Å². The summed E-state index contributed by atoms with van der Waals surface area (Å²) in [5.41, 5.74) is 5.98. The van der Waals surface area contributed by atoms with E-state index in [9.17, 15) is 68.2 Å². The molecule has 26 nitrogen and oxygen atoms in total. The molecule has 58 heavy (non-hydrogen) atoms. The van der Waals surface area contributed by atoms with Gasteiger partial charge in [0, 0.05) is 20.8 Å². The van der Waals surface area contributed by atoms with E-state index in [1.54, 1.807) is 0 Å². The van der Waals surface area contributed by atoms with Gasteiger partial charge in [0.25, 0.3) is 0 Å². The number of aliphatic hydroxyl groups excluding tert-OH is 8. The molecule has 0 aromatic heterocycles. The summed E-state index contributed by atoms with van der Waals surface area (Å²) in [6.45, 7) is 1.16. The van der Waals surface area contributed by atoms with E-state index in [1.807, 2.05) is 0 Å². The van der Waals surface area contributed by atoms with E-state index in [0.29, 0.717) is 0 Å². The van der Waals surface area contributed by atoms with Crippen molar-refractivity contribution < 1.29 is 106 Å². The van der Waals surface area contributed by atoms with Crippen molar-refractivity contribution in [3.05, 3.63) is 0 Å². The number of rotatable bonds is 15. The van der Waals surface area contributed by atoms with Crippen LogP contribution in [0.5, 0.6) is 0 Å². The Labute approximate surface area is 331 Å². The van der Waals surface area contributed by atoms with Crippen molar-refractivity contribution in [2.45, 2.75) is 150 Å². The molecule has 14 N–H and O–H groups in total. The van der Waals surface area contributed by atoms with Crippen LogP contribution in [-0.2, 0) is 62.1 Å². The second-order valence-corrected chi connectivity index (χ2v) is 15.4. The molecule has 4 heterocycles. The Morgan fingerprint density at radius 3 is 1.38 bits per heavy atom. The highest BCUT2D eigenvalue weighted by Gasteiger charge is 2.56. The molecule has 4 aliphatic rings. The van der Waals surface area contributed by atoms with Crippen molar-refractivity contribution in [1.82, 2.24) is 16.0 Å². The number of nitrogens with one attached hydrogen (secondary N) is 3. The van der Waals surface area contributed by atoms with E-state index in [-0.39, 0.29) is 0 Å². The fourth-order valence-electron chi connectivity index (χ4n) is 7.20. The zero-order chi connectivity index (χ0) is 43.4. The van der Waals surface area contributed by atoms with Gasteiger partial charge >= 0.3 is 10.4 Å². The molecule has 3 amide bonds. The smallest absolute Gasteiger partial charge is 0.394 e. The maximum absolute atomic E-state index is 12.4. The monoisotopic (exact) mass is 866 g/mol. The zero-order valence-corrected chi connectivity index (χ0v) is 32.5. The van der Waals surface area contributed by atoms with Gasteiger partial charge in [0.05, 0.1) is 44.6 Å². The Morgan fingerprint density at radius 1 is 0.586 bits per heavy atom. The molecule has 5 unspecified atom stereocenters. The Balaban J connectivity index is 1.62. The summed E-state index contributed by atoms with van der Waals surface area (Å²) in [7, 11) is -5.04. The summed E-state index contributed by atoms with van der Waals surface area (Å²) < 4.78 is 77.4. The number of nitrogens with two attached hydrogens (primary N) is 1. The van der Waals surface area contributed by atoms with Gasteiger partial charge in [-0.2, -0.15) is 8.42 Å². The predicted octanol–water partition coefficient (Wildman–Crippen LogP) is -8.45. The SMILES string of the molecule is CC(=O)N[C@H]1C(C)O[C@@H](COS(=O)(=O)O)[C@@H](OC2O[C@H](CO)[C@@H](O[C@@H]3O[C@@H](CO)[C@@H](OC4O[C@H](CO)[C@@H](O)[C@H](O)[C@@H]4N)C(O)[C@H]3NC(C)=O)[C@H](O)[C@@H]2NC(C)=O)C1O. The molecule has 20 atom stereocenters. The van der Waals surface area contributed by atoms with Crippen LogP contribution in [0.3, 0.4) is 0 Å². The summed E-state index contributed by atoms with van der Waals surface area (Å²) in [5, 5.41) is 92.8. The third-order valence-corrected chi connectivity index (χ3v) is 10.4. The second kappa shape index (κ2) is 20.5. The molecule has 0 aromatic carbocycles. The summed E-state index contributed by atoms with van der Waals surface area (Å²) >= 11 is 0. The average Bonchev–Trinajstić information content (AvgIpc) is 3.14. The van der Waals surface area contributed by atoms with Crippen molar-refractivity contribution in [2.75, 3.05) is 26.4 Å². The van der Waals surface area contributed by atoms with Crippen LogP contribution >= 0.6 is 0 Å². The Bertz CT molecular complexity index is 1500. The van der Waals surface area contributed by atoms with Crippen LogP contribution in [0.4, 0.5) is 0 Å². The first-order valence-electron chi connectivity index (χ1n) is 18.1. The first-order valence-corrected chi connectivity index (χ1v) is 19.5. The first kappa shape index (κ1) is 48.3. The van der Waals surface area contributed by atoms with Gasteiger partial charge < -0.3 is 95.7 Å². The van der Waals surface area contributed by atoms with E-state index >= 15 is 0 Å². The van der Waals surface area contributed by atoms with E-state index in [4.69, 9.17) is 38.9 Å². The Hall–Kier alpha value is -2.36. The summed E-state index contributed by atoms with van der Waals surface area (Å²) in [6.07, 6.45) is -26.0. The summed E-state index contributed by atoms with van der Waals surface area (Å²) in [4.78, 5) is 36.7. The molecule has 27 heteroatoms. The number of amides is 3. The predicted molar refractivity (Wildman–Crippen MR) is 185 cm³/mol. The number of hydrogen-bond acceptors (Lipinski definition) is 22. The number of aliphatic hydroxyl groups is 8. The Morgan fingerprint density at radius 2 is 0.966 bits per heavy atom. The van der Waals surface area contributed by atoms with Crippen molar-refractivity contribution in [3.63, 3.8) is 0 Å². The van der Waals surface area contributed by atoms with Crippen molar-refractivity contribution in [1.29, 1.82) is 0 Å². The van der Waals surface area contributed by atoms with E-state index in [2.05, 4.69) is 20.1 Å². The normalized spacial score (nSPS) is 43.6. The third-order valence-electron chi connectivity index (χ3n) is 9.97. The topological polar surface area (TPSA) is 403 Å². The van der Waals surface area contributed by atoms with Gasteiger partial charge in [-0.3, -0.25) is 18.9 Å². The van der Waals surface area contributed by atoms with Crippen molar-refractivity contribution >= 4 is 28.1 Å². The van der Waals surface area contributed by atoms with Gasteiger partial charge in [-0.05, 0) is 6.92 Å². The standard InChI is InChI=1S/C31H54N4O22S/c1-9-18(33-10(2)39)23(44)28(16(51-9)8-50-58(47,48)49)57-31-20(35-12(4)41)25(46)27(15(7-38)54-31)56-30-19(34-11(3)40)24(45)26(14(6-37)53-30)55-29-17(32)22(43)21(42)13(5-36)52-29/h9,13-31,36-38,42-46H,5-8,32H2,1-4H3,(H,33,39)(H,34,40)(H,35,41)(H,47,48,49)/t9?,13-,14+,15-,16+,17+,18+,19-,20+,21-,22-,23?,24?,25-,26-,27-,28-,29?,30+,31?/m1/s1. The molecule has 0 aromatic rings. The Kier molecular flexibility index (Phi) is 17.0. The first-order chi connectivity index (χ1) is 27.1. The highest BCUT2D eigenvalue weighted by Crippen LogP contribution is 2.34. The number of carbonyl (C=O) groups excluding carboxylic acids is 3. The van der Waals surface area contributed by atoms with Gasteiger partial charge in [-0.25, -0.2) is 4.18 Å². The lowest BCUT2D eigenvalue weighted by atomic mass is 9.92. The zero-order valence-electron chi connectivity index (χ0n) is 31.7. The fraction of sp³-hybridized carbons (Fsp3) is 0.903. The fourth-order valence-corrected chi connectivity index (χ4v) is 7.51. The highest BCUT2D eigenvalue weighted by atomic mass is 32.3. The third kappa shape index (κ3) is 11.5. The molecule has 4 saturated heterocycles. The maximum atomic E-state index is 12.4. The minimum atomic E-state index is -5.04. The van der Waals surface area contributed by atoms with Crippen LogP contribution in [0.15, 0.2) is 0 Å². The minimum absolute atomic E-state index is 0.597. The number of carbonyl (C=O) groups is 3. The van der Waals surface area contributed by atoms with E-state index in [1.165, 1.54) is 6.92 Å². The lowest BCUT2D eigenvalue weighted by Crippen LogP contribution is -2.71. The second-order valence-electron chi connectivity index (χ2n) is 14.3. The van der Waals surface area contributed by atoms with Crippen molar-refractivity contribution in [2.24, 2.45) is 5.73 Å². The number of hydrogen-bond donors (Lipinski definition) is 13. The molecule has 4 fully saturated rings. The van der Waals surface area contributed by atoms with Crippen LogP contribution in [0.1, 0.15) is 27.7 Å². The molecular formula is C31H54N4O22S. The maximum Gasteiger partial charge on any atom is 0.397 e. The lowest BCUT2D eigenvalue weighted by Gasteiger charge is -2.51. The molecular weight excluding hydrogens is 812 g/mol. The van der Waals surface area contributed by atoms with Crippen LogP contribution in [0, 0.1) is 0 Å². The van der Waals surface area contributed by atoms with Crippen LogP contribution < -0.4 is 21.7 Å². The van der Waals surface area contributed by atoms with Crippen LogP contribution in [-0.4, -0.2) is 220 Å². The van der Waals surface area contributed by atoms with Crippen LogP contribution in [0.25, 0.3) is 0 Å². The van der Waals surface area contributed by atoms with Gasteiger partial charge in [-0.1, -0.05) is 0 Å². The molecule has 0 radical (unpaired) electrons. The highest BCUT2D eigenvalue weighted by molar-refractivity contribution is 7.80. The molecule has 4 aliphatic heterocycles. The minimum Gasteiger partial charge on any atom is -0.394 e. The lowest BCUT2D eigenvalue weighted by molar-refractivity contribution is -0.358. The summed E-state index contributed by atoms with van der Waals surface area (Å²) in [5.74, 6) is -2.12. The summed E-state index contributed by atoms with van der Waals surface area (Å²) in [6, 6.07) is -5.87. The van der Waals surface area contributed by atoms with Gasteiger partial charge in [0.15, 0.2) is 18.9 Å². The average molecular weight is 867 g/mol. The number of ether oxygens (including phenoxy) is 7. The molecule has 0 bridgehead atoms. The van der Waals surface area contributed by atoms with E-state index in [0.717, 1.165) is 20.8 Å². The molecule has 336 valence electrons.